The summed E-state index contributed by atoms with van der Waals surface area (Å²) in [7, 11) is -1.95. The number of nitrogens with two attached hydrogens (primary N) is 1. The second-order valence-electron chi connectivity index (χ2n) is 4.76. The number of hydrogen-bond donors (Lipinski definition) is 1. The Bertz CT molecular complexity index is 541. The maximum Gasteiger partial charge on any atom is 0.244 e. The van der Waals surface area contributed by atoms with Crippen molar-refractivity contribution in [1.82, 2.24) is 4.31 Å². The van der Waals surface area contributed by atoms with E-state index >= 15 is 0 Å². The summed E-state index contributed by atoms with van der Waals surface area (Å²) in [6, 6.07) is 4.51. The van der Waals surface area contributed by atoms with Gasteiger partial charge in [0.1, 0.15) is 4.90 Å². The molecule has 1 fully saturated rings. The van der Waals surface area contributed by atoms with Crippen LogP contribution in [0.25, 0.3) is 0 Å². The molecule has 0 atom stereocenters. The van der Waals surface area contributed by atoms with Crippen LogP contribution < -0.4 is 5.73 Å². The van der Waals surface area contributed by atoms with Crippen molar-refractivity contribution in [3.63, 3.8) is 0 Å². The Morgan fingerprint density at radius 1 is 1.44 bits per heavy atom. The van der Waals surface area contributed by atoms with Crippen LogP contribution >= 0.6 is 11.6 Å². The van der Waals surface area contributed by atoms with Gasteiger partial charge in [0.25, 0.3) is 0 Å². The first-order chi connectivity index (χ1) is 8.41. The SMILES string of the molecule is CN(CC1CCC1)S(=O)(=O)c1cc(Cl)ccc1N. The van der Waals surface area contributed by atoms with Gasteiger partial charge in [-0.1, -0.05) is 18.0 Å². The molecular weight excluding hydrogens is 272 g/mol. The van der Waals surface area contributed by atoms with E-state index in [-0.39, 0.29) is 10.6 Å². The van der Waals surface area contributed by atoms with E-state index in [1.807, 2.05) is 0 Å². The lowest BCUT2D eigenvalue weighted by molar-refractivity contribution is 0.263. The van der Waals surface area contributed by atoms with Crippen molar-refractivity contribution in [3.05, 3.63) is 23.2 Å². The van der Waals surface area contributed by atoms with Gasteiger partial charge in [-0.05, 0) is 37.0 Å². The van der Waals surface area contributed by atoms with Crippen LogP contribution in [-0.4, -0.2) is 26.3 Å². The summed E-state index contributed by atoms with van der Waals surface area (Å²) in [5.74, 6) is 0.477. The molecule has 0 heterocycles. The van der Waals surface area contributed by atoms with Gasteiger partial charge in [-0.3, -0.25) is 0 Å². The van der Waals surface area contributed by atoms with Gasteiger partial charge in [-0.2, -0.15) is 0 Å². The van der Waals surface area contributed by atoms with Crippen molar-refractivity contribution in [3.8, 4) is 0 Å². The van der Waals surface area contributed by atoms with Crippen LogP contribution in [0.15, 0.2) is 23.1 Å². The molecule has 0 aliphatic heterocycles. The van der Waals surface area contributed by atoms with E-state index in [4.69, 9.17) is 17.3 Å². The predicted molar refractivity (Wildman–Crippen MR) is 73.0 cm³/mol. The van der Waals surface area contributed by atoms with Gasteiger partial charge >= 0.3 is 0 Å². The van der Waals surface area contributed by atoms with Crippen molar-refractivity contribution in [1.29, 1.82) is 0 Å². The number of rotatable bonds is 4. The Kier molecular flexibility index (Phi) is 3.84. The molecule has 0 radical (unpaired) electrons. The summed E-state index contributed by atoms with van der Waals surface area (Å²) < 4.78 is 26.1. The Morgan fingerprint density at radius 2 is 2.11 bits per heavy atom. The van der Waals surface area contributed by atoms with Crippen LogP contribution in [-0.2, 0) is 10.0 Å². The molecule has 1 aromatic carbocycles. The average Bonchev–Trinajstić information content (AvgIpc) is 2.26. The Morgan fingerprint density at radius 3 is 2.67 bits per heavy atom. The largest absolute Gasteiger partial charge is 0.398 e. The maximum atomic E-state index is 12.4. The van der Waals surface area contributed by atoms with Gasteiger partial charge in [0.05, 0.1) is 5.69 Å². The van der Waals surface area contributed by atoms with Gasteiger partial charge in [0, 0.05) is 18.6 Å². The van der Waals surface area contributed by atoms with Crippen LogP contribution in [0, 0.1) is 5.92 Å². The van der Waals surface area contributed by atoms with Crippen molar-refractivity contribution in [2.24, 2.45) is 5.92 Å². The maximum absolute atomic E-state index is 12.4. The highest BCUT2D eigenvalue weighted by atomic mass is 35.5. The molecule has 6 heteroatoms. The van der Waals surface area contributed by atoms with E-state index in [9.17, 15) is 8.42 Å². The smallest absolute Gasteiger partial charge is 0.244 e. The first-order valence-electron chi connectivity index (χ1n) is 5.92. The molecule has 1 saturated carbocycles. The van der Waals surface area contributed by atoms with Gasteiger partial charge in [-0.15, -0.1) is 0 Å². The number of sulfonamides is 1. The average molecular weight is 289 g/mol. The topological polar surface area (TPSA) is 63.4 Å². The summed E-state index contributed by atoms with van der Waals surface area (Å²) in [5, 5.41) is 0.375. The van der Waals surface area contributed by atoms with Crippen molar-refractivity contribution >= 4 is 27.3 Å². The quantitative estimate of drug-likeness (QED) is 0.865. The summed E-state index contributed by atoms with van der Waals surface area (Å²) in [6.45, 7) is 0.550. The van der Waals surface area contributed by atoms with E-state index in [2.05, 4.69) is 0 Å². The third-order valence-electron chi connectivity index (χ3n) is 3.40. The minimum absolute atomic E-state index is 0.0943. The molecule has 2 rings (SSSR count). The first-order valence-corrected chi connectivity index (χ1v) is 7.74. The molecule has 2 N–H and O–H groups in total. The van der Waals surface area contributed by atoms with Crippen molar-refractivity contribution < 1.29 is 8.42 Å². The third-order valence-corrected chi connectivity index (χ3v) is 5.52. The van der Waals surface area contributed by atoms with E-state index < -0.39 is 10.0 Å². The number of halogens is 1. The number of benzene rings is 1. The molecule has 4 nitrogen and oxygen atoms in total. The van der Waals surface area contributed by atoms with E-state index in [0.29, 0.717) is 17.5 Å². The third kappa shape index (κ3) is 2.63. The molecule has 0 unspecified atom stereocenters. The molecule has 0 amide bonds. The highest BCUT2D eigenvalue weighted by molar-refractivity contribution is 7.89. The van der Waals surface area contributed by atoms with Crippen LogP contribution in [0.2, 0.25) is 5.02 Å². The van der Waals surface area contributed by atoms with E-state index in [0.717, 1.165) is 12.8 Å². The zero-order valence-electron chi connectivity index (χ0n) is 10.3. The van der Waals surface area contributed by atoms with Crippen LogP contribution in [0.1, 0.15) is 19.3 Å². The zero-order chi connectivity index (χ0) is 13.3. The van der Waals surface area contributed by atoms with E-state index in [1.54, 1.807) is 13.1 Å². The molecule has 0 aromatic heterocycles. The number of nitrogens with zero attached hydrogens (tertiary/aromatic N) is 1. The predicted octanol–water partition coefficient (Wildman–Crippen LogP) is 2.34. The van der Waals surface area contributed by atoms with Crippen LogP contribution in [0.5, 0.6) is 0 Å². The molecule has 1 aliphatic rings. The molecule has 1 aliphatic carbocycles. The van der Waals surface area contributed by atoms with E-state index in [1.165, 1.54) is 22.9 Å². The summed E-state index contributed by atoms with van der Waals surface area (Å²) in [6.07, 6.45) is 3.40. The van der Waals surface area contributed by atoms with Crippen molar-refractivity contribution in [2.45, 2.75) is 24.2 Å². The number of nitrogen functional groups attached to an aromatic ring is 1. The van der Waals surface area contributed by atoms with Gasteiger partial charge < -0.3 is 5.73 Å². The fraction of sp³-hybridized carbons (Fsp3) is 0.500. The molecule has 0 spiro atoms. The molecule has 100 valence electrons. The summed E-state index contributed by atoms with van der Waals surface area (Å²) >= 11 is 5.83. The fourth-order valence-electron chi connectivity index (χ4n) is 2.04. The zero-order valence-corrected chi connectivity index (χ0v) is 11.8. The number of anilines is 1. The molecular formula is C12H17ClN2O2S. The monoisotopic (exact) mass is 288 g/mol. The normalized spacial score (nSPS) is 16.8. The lowest BCUT2D eigenvalue weighted by Gasteiger charge is -2.29. The first kappa shape index (κ1) is 13.6. The van der Waals surface area contributed by atoms with Crippen LogP contribution in [0.3, 0.4) is 0 Å². The molecule has 18 heavy (non-hydrogen) atoms. The lowest BCUT2D eigenvalue weighted by atomic mass is 9.86. The molecule has 0 saturated heterocycles. The second-order valence-corrected chi connectivity index (χ2v) is 7.21. The highest BCUT2D eigenvalue weighted by Gasteiger charge is 2.28. The standard InChI is InChI=1S/C12H17ClN2O2S/c1-15(8-9-3-2-4-9)18(16,17)12-7-10(13)5-6-11(12)14/h5-7,9H,2-4,8,14H2,1H3. The summed E-state index contributed by atoms with van der Waals surface area (Å²) in [5.41, 5.74) is 5.96. The second kappa shape index (κ2) is 5.07. The fourth-order valence-corrected chi connectivity index (χ4v) is 3.66. The minimum atomic E-state index is -3.54. The van der Waals surface area contributed by atoms with Gasteiger partial charge in [0.2, 0.25) is 10.0 Å². The lowest BCUT2D eigenvalue weighted by Crippen LogP contribution is -2.34. The Balaban J connectivity index is 2.25. The Hall–Kier alpha value is -0.780. The molecule has 1 aromatic rings. The number of hydrogen-bond acceptors (Lipinski definition) is 3. The summed E-state index contributed by atoms with van der Waals surface area (Å²) in [4.78, 5) is 0.0943. The Labute approximate surface area is 113 Å². The highest BCUT2D eigenvalue weighted by Crippen LogP contribution is 2.30. The van der Waals surface area contributed by atoms with Gasteiger partial charge in [-0.25, -0.2) is 12.7 Å². The minimum Gasteiger partial charge on any atom is -0.398 e. The van der Waals surface area contributed by atoms with Crippen molar-refractivity contribution in [2.75, 3.05) is 19.3 Å². The van der Waals surface area contributed by atoms with Crippen LogP contribution in [0.4, 0.5) is 5.69 Å². The molecule has 0 bridgehead atoms. The van der Waals surface area contributed by atoms with Gasteiger partial charge in [0.15, 0.2) is 0 Å².